The van der Waals surface area contributed by atoms with Gasteiger partial charge in [-0.15, -0.1) is 0 Å². The second kappa shape index (κ2) is 10.4. The van der Waals surface area contributed by atoms with E-state index in [9.17, 15) is 9.59 Å². The summed E-state index contributed by atoms with van der Waals surface area (Å²) in [5, 5.41) is 0. The normalized spacial score (nSPS) is 10.1. The molecule has 0 radical (unpaired) electrons. The summed E-state index contributed by atoms with van der Waals surface area (Å²) >= 11 is 1.51. The number of hydrazine groups is 1. The molecule has 0 saturated carbocycles. The zero-order chi connectivity index (χ0) is 18.8. The fraction of sp³-hybridized carbons (Fsp3) is 0.263. The molecule has 6 nitrogen and oxygen atoms in total. The van der Waals surface area contributed by atoms with Gasteiger partial charge in [-0.25, -0.2) is 0 Å². The number of carbonyl (C=O) groups is 2. The number of amides is 2. The summed E-state index contributed by atoms with van der Waals surface area (Å²) in [7, 11) is 3.02. The number of thioether (sulfide) groups is 1. The molecule has 0 heterocycles. The third kappa shape index (κ3) is 6.00. The molecule has 0 atom stereocenters. The Bertz CT molecular complexity index is 738. The fourth-order valence-corrected chi connectivity index (χ4v) is 2.99. The number of carbonyl (C=O) groups excluding carboxylic acids is 2. The lowest BCUT2D eigenvalue weighted by Gasteiger charge is -2.10. The van der Waals surface area contributed by atoms with Crippen LogP contribution in [0.4, 0.5) is 0 Å². The van der Waals surface area contributed by atoms with Crippen molar-refractivity contribution in [1.82, 2.24) is 10.9 Å². The molecule has 26 heavy (non-hydrogen) atoms. The van der Waals surface area contributed by atoms with Crippen LogP contribution in [-0.2, 0) is 11.2 Å². The minimum Gasteiger partial charge on any atom is -0.493 e. The molecule has 0 fully saturated rings. The minimum atomic E-state index is -0.423. The van der Waals surface area contributed by atoms with E-state index in [1.807, 2.05) is 18.2 Å². The Balaban J connectivity index is 1.72. The van der Waals surface area contributed by atoms with Crippen molar-refractivity contribution >= 4 is 23.6 Å². The first kappa shape index (κ1) is 19.7. The van der Waals surface area contributed by atoms with E-state index in [-0.39, 0.29) is 11.7 Å². The van der Waals surface area contributed by atoms with Crippen LogP contribution in [0.3, 0.4) is 0 Å². The first-order valence-electron chi connectivity index (χ1n) is 8.07. The zero-order valence-electron chi connectivity index (χ0n) is 14.8. The maximum Gasteiger partial charge on any atom is 0.269 e. The van der Waals surface area contributed by atoms with Crippen molar-refractivity contribution in [2.45, 2.75) is 6.42 Å². The molecule has 0 aliphatic heterocycles. The minimum absolute atomic E-state index is 0.253. The van der Waals surface area contributed by atoms with Gasteiger partial charge in [0, 0.05) is 5.56 Å². The maximum absolute atomic E-state index is 12.1. The average molecular weight is 374 g/mol. The summed E-state index contributed by atoms with van der Waals surface area (Å²) < 4.78 is 10.3. The summed E-state index contributed by atoms with van der Waals surface area (Å²) in [4.78, 5) is 23.9. The number of nitrogens with one attached hydrogen (secondary N) is 2. The van der Waals surface area contributed by atoms with Crippen molar-refractivity contribution in [3.05, 3.63) is 59.7 Å². The smallest absolute Gasteiger partial charge is 0.269 e. The topological polar surface area (TPSA) is 76.7 Å². The van der Waals surface area contributed by atoms with Gasteiger partial charge >= 0.3 is 0 Å². The molecule has 0 aliphatic rings. The third-order valence-electron chi connectivity index (χ3n) is 3.57. The first-order chi connectivity index (χ1) is 12.6. The molecule has 138 valence electrons. The predicted octanol–water partition coefficient (Wildman–Crippen LogP) is 2.44. The van der Waals surface area contributed by atoms with E-state index < -0.39 is 5.91 Å². The Morgan fingerprint density at radius 3 is 2.38 bits per heavy atom. The quantitative estimate of drug-likeness (QED) is 0.548. The number of ether oxygens (including phenoxy) is 2. The number of methoxy groups -OCH3 is 2. The molecule has 7 heteroatoms. The van der Waals surface area contributed by atoms with Crippen LogP contribution >= 0.6 is 11.8 Å². The van der Waals surface area contributed by atoms with Gasteiger partial charge in [-0.2, -0.15) is 11.8 Å². The molecule has 2 aromatic rings. The van der Waals surface area contributed by atoms with Crippen LogP contribution < -0.4 is 20.3 Å². The molecule has 0 bridgehead atoms. The second-order valence-corrected chi connectivity index (χ2v) is 6.47. The van der Waals surface area contributed by atoms with Crippen LogP contribution in [-0.4, -0.2) is 37.5 Å². The Hall–Kier alpha value is -2.67. The maximum atomic E-state index is 12.1. The van der Waals surface area contributed by atoms with Crippen molar-refractivity contribution in [3.63, 3.8) is 0 Å². The molecule has 0 aromatic heterocycles. The number of benzene rings is 2. The summed E-state index contributed by atoms with van der Waals surface area (Å²) in [5.74, 6) is 1.41. The zero-order valence-corrected chi connectivity index (χ0v) is 15.6. The summed E-state index contributed by atoms with van der Waals surface area (Å²) in [6, 6.07) is 14.9. The second-order valence-electron chi connectivity index (χ2n) is 5.36. The van der Waals surface area contributed by atoms with Crippen molar-refractivity contribution < 1.29 is 19.1 Å². The summed E-state index contributed by atoms with van der Waals surface area (Å²) in [5.41, 5.74) is 6.41. The Labute approximate surface area is 157 Å². The SMILES string of the molecule is COc1ccc(C(=O)NNC(=O)CSCCc2ccccc2)cc1OC. The fourth-order valence-electron chi connectivity index (χ4n) is 2.21. The molecule has 2 rings (SSSR count). The molecule has 2 amide bonds. The lowest BCUT2D eigenvalue weighted by Crippen LogP contribution is -2.42. The molecule has 0 spiro atoms. The molecule has 2 aromatic carbocycles. The van der Waals surface area contributed by atoms with Gasteiger partial charge in [0.05, 0.1) is 20.0 Å². The van der Waals surface area contributed by atoms with Crippen molar-refractivity contribution in [2.24, 2.45) is 0 Å². The van der Waals surface area contributed by atoms with Crippen molar-refractivity contribution in [2.75, 3.05) is 25.7 Å². The van der Waals surface area contributed by atoms with Crippen LogP contribution in [0.1, 0.15) is 15.9 Å². The molecule has 0 aliphatic carbocycles. The van der Waals surface area contributed by atoms with Crippen LogP contribution in [0.2, 0.25) is 0 Å². The van der Waals surface area contributed by atoms with Gasteiger partial charge in [-0.3, -0.25) is 20.4 Å². The van der Waals surface area contributed by atoms with Crippen LogP contribution in [0.15, 0.2) is 48.5 Å². The van der Waals surface area contributed by atoms with E-state index >= 15 is 0 Å². The standard InChI is InChI=1S/C19H22N2O4S/c1-24-16-9-8-15(12-17(16)25-2)19(23)21-20-18(22)13-26-11-10-14-6-4-3-5-7-14/h3-9,12H,10-11,13H2,1-2H3,(H,20,22)(H,21,23). The van der Waals surface area contributed by atoms with E-state index in [1.165, 1.54) is 31.5 Å². The number of hydrogen-bond acceptors (Lipinski definition) is 5. The Morgan fingerprint density at radius 2 is 1.69 bits per heavy atom. The van der Waals surface area contributed by atoms with Gasteiger partial charge in [0.25, 0.3) is 5.91 Å². The molecular formula is C19H22N2O4S. The van der Waals surface area contributed by atoms with E-state index in [0.717, 1.165) is 12.2 Å². The van der Waals surface area contributed by atoms with Crippen molar-refractivity contribution in [1.29, 1.82) is 0 Å². The monoisotopic (exact) mass is 374 g/mol. The third-order valence-corrected chi connectivity index (χ3v) is 4.53. The van der Waals surface area contributed by atoms with E-state index in [2.05, 4.69) is 23.0 Å². The highest BCUT2D eigenvalue weighted by molar-refractivity contribution is 7.99. The van der Waals surface area contributed by atoms with E-state index in [4.69, 9.17) is 9.47 Å². The highest BCUT2D eigenvalue weighted by atomic mass is 32.2. The summed E-state index contributed by atoms with van der Waals surface area (Å²) in [6.45, 7) is 0. The number of hydrogen-bond donors (Lipinski definition) is 2. The number of aryl methyl sites for hydroxylation is 1. The first-order valence-corrected chi connectivity index (χ1v) is 9.22. The van der Waals surface area contributed by atoms with Crippen LogP contribution in [0.25, 0.3) is 0 Å². The van der Waals surface area contributed by atoms with Gasteiger partial charge in [0.2, 0.25) is 5.91 Å². The lowest BCUT2D eigenvalue weighted by molar-refractivity contribution is -0.119. The average Bonchev–Trinajstić information content (AvgIpc) is 2.69. The molecule has 2 N–H and O–H groups in total. The molecular weight excluding hydrogens is 352 g/mol. The predicted molar refractivity (Wildman–Crippen MR) is 103 cm³/mol. The molecule has 0 unspecified atom stereocenters. The Kier molecular flexibility index (Phi) is 7.82. The Morgan fingerprint density at radius 1 is 0.962 bits per heavy atom. The van der Waals surface area contributed by atoms with Gasteiger partial charge in [0.1, 0.15) is 0 Å². The van der Waals surface area contributed by atoms with Gasteiger partial charge in [-0.05, 0) is 35.9 Å². The molecule has 0 saturated heterocycles. The van der Waals surface area contributed by atoms with E-state index in [1.54, 1.807) is 18.2 Å². The largest absolute Gasteiger partial charge is 0.493 e. The van der Waals surface area contributed by atoms with Gasteiger partial charge in [0.15, 0.2) is 11.5 Å². The lowest BCUT2D eigenvalue weighted by atomic mass is 10.2. The van der Waals surface area contributed by atoms with Crippen LogP contribution in [0, 0.1) is 0 Å². The summed E-state index contributed by atoms with van der Waals surface area (Å²) in [6.07, 6.45) is 0.900. The van der Waals surface area contributed by atoms with Crippen molar-refractivity contribution in [3.8, 4) is 11.5 Å². The van der Waals surface area contributed by atoms with Gasteiger partial charge in [-0.1, -0.05) is 30.3 Å². The highest BCUT2D eigenvalue weighted by Crippen LogP contribution is 2.27. The highest BCUT2D eigenvalue weighted by Gasteiger charge is 2.11. The van der Waals surface area contributed by atoms with Gasteiger partial charge < -0.3 is 9.47 Å². The number of rotatable bonds is 8. The van der Waals surface area contributed by atoms with E-state index in [0.29, 0.717) is 17.1 Å². The van der Waals surface area contributed by atoms with Crippen LogP contribution in [0.5, 0.6) is 11.5 Å².